The van der Waals surface area contributed by atoms with Crippen molar-refractivity contribution in [3.63, 3.8) is 0 Å². The van der Waals surface area contributed by atoms with E-state index in [1.807, 2.05) is 0 Å². The Labute approximate surface area is 106 Å². The third-order valence-corrected chi connectivity index (χ3v) is 13.5. The summed E-state index contributed by atoms with van der Waals surface area (Å²) < 4.78 is 5.55. The zero-order chi connectivity index (χ0) is 11.3. The number of allylic oxidation sites excluding steroid dienone is 1. The molecule has 0 N–H and O–H groups in total. The Kier molecular flexibility index (Phi) is 2.51. The van der Waals surface area contributed by atoms with Gasteiger partial charge >= 0.3 is 107 Å². The third-order valence-electron chi connectivity index (χ3n) is 4.46. The molecule has 0 fully saturated rings. The molecule has 3 rings (SSSR count). The van der Waals surface area contributed by atoms with Crippen LogP contribution < -0.4 is 0 Å². The van der Waals surface area contributed by atoms with Gasteiger partial charge in [0.1, 0.15) is 0 Å². The fourth-order valence-corrected chi connectivity index (χ4v) is 7.22. The molecule has 1 unspecified atom stereocenters. The van der Waals surface area contributed by atoms with E-state index >= 15 is 0 Å². The van der Waals surface area contributed by atoms with E-state index in [4.69, 9.17) is 0 Å². The molecule has 1 aromatic carbocycles. The van der Waals surface area contributed by atoms with E-state index in [9.17, 15) is 0 Å². The van der Waals surface area contributed by atoms with Crippen molar-refractivity contribution in [1.82, 2.24) is 0 Å². The minimum absolute atomic E-state index is 0.470. The molecule has 1 heteroatoms. The van der Waals surface area contributed by atoms with Crippen LogP contribution in [0.2, 0.25) is 9.36 Å². The fraction of sp³-hybridized carbons (Fsp3) is 0.467. The number of aryl methyl sites for hydroxylation is 2. The van der Waals surface area contributed by atoms with Crippen LogP contribution in [0.1, 0.15) is 35.6 Å². The third kappa shape index (κ3) is 1.44. The molecule has 0 saturated heterocycles. The Balaban J connectivity index is 2.16. The number of hydrogen-bond donors (Lipinski definition) is 0. The predicted molar refractivity (Wildman–Crippen MR) is 66.6 cm³/mol. The molecule has 0 saturated carbocycles. The van der Waals surface area contributed by atoms with Crippen LogP contribution in [0.25, 0.3) is 6.08 Å². The monoisotopic (exact) mass is 379 g/mol. The molecule has 0 spiro atoms. The second-order valence-electron chi connectivity index (χ2n) is 5.60. The van der Waals surface area contributed by atoms with Crippen molar-refractivity contribution in [2.24, 2.45) is 0 Å². The van der Waals surface area contributed by atoms with Crippen LogP contribution in [0.15, 0.2) is 18.2 Å². The van der Waals surface area contributed by atoms with Crippen molar-refractivity contribution in [3.8, 4) is 0 Å². The average molecular weight is 378 g/mol. The van der Waals surface area contributed by atoms with Crippen molar-refractivity contribution >= 4 is 6.08 Å². The summed E-state index contributed by atoms with van der Waals surface area (Å²) >= 11 is -1.41. The topological polar surface area (TPSA) is 0 Å². The first kappa shape index (κ1) is 11.0. The van der Waals surface area contributed by atoms with E-state index in [0.29, 0.717) is 3.17 Å². The predicted octanol–water partition coefficient (Wildman–Crippen LogP) is 4.13. The van der Waals surface area contributed by atoms with Crippen LogP contribution in [0, 0.1) is 0 Å². The van der Waals surface area contributed by atoms with Crippen LogP contribution in [0.3, 0.4) is 0 Å². The first-order chi connectivity index (χ1) is 7.61. The summed E-state index contributed by atoms with van der Waals surface area (Å²) in [4.78, 5) is 0. The van der Waals surface area contributed by atoms with Crippen LogP contribution in [0.4, 0.5) is 0 Å². The first-order valence-corrected chi connectivity index (χ1v) is 15.3. The Morgan fingerprint density at radius 2 is 1.81 bits per heavy atom. The summed E-state index contributed by atoms with van der Waals surface area (Å²) in [6.45, 7) is 2.47. The van der Waals surface area contributed by atoms with E-state index in [-0.39, 0.29) is 0 Å². The average Bonchev–Trinajstić information content (AvgIpc) is 2.82. The molecular formula is C15H19Hf. The summed E-state index contributed by atoms with van der Waals surface area (Å²) in [6, 6.07) is 5.00. The zero-order valence-electron chi connectivity index (χ0n) is 10.4. The van der Waals surface area contributed by atoms with Gasteiger partial charge in [-0.05, 0) is 0 Å². The second-order valence-corrected chi connectivity index (χ2v) is 16.5. The summed E-state index contributed by atoms with van der Waals surface area (Å²) in [5.41, 5.74) is 6.43. The number of fused-ring (bicyclic) bond motifs is 2. The van der Waals surface area contributed by atoms with E-state index < -0.39 is 21.4 Å². The van der Waals surface area contributed by atoms with Crippen molar-refractivity contribution in [3.05, 3.63) is 40.5 Å². The Bertz CT molecular complexity index is 471. The van der Waals surface area contributed by atoms with Crippen molar-refractivity contribution < 1.29 is 21.4 Å². The van der Waals surface area contributed by atoms with Gasteiger partial charge in [-0.3, -0.25) is 0 Å². The molecule has 0 amide bonds. The van der Waals surface area contributed by atoms with Crippen LogP contribution >= 0.6 is 0 Å². The number of rotatable bonds is 1. The summed E-state index contributed by atoms with van der Waals surface area (Å²) in [6.07, 6.45) is 8.86. The molecule has 2 aliphatic rings. The zero-order valence-corrected chi connectivity index (χ0v) is 14.0. The van der Waals surface area contributed by atoms with Crippen LogP contribution in [-0.4, -0.2) is 0 Å². The fourth-order valence-electron chi connectivity index (χ4n) is 3.01. The first-order valence-electron chi connectivity index (χ1n) is 6.27. The van der Waals surface area contributed by atoms with Gasteiger partial charge < -0.3 is 0 Å². The molecule has 0 nitrogen and oxygen atoms in total. The normalized spacial score (nSPS) is 25.7. The van der Waals surface area contributed by atoms with Crippen LogP contribution in [-0.2, 0) is 37.5 Å². The van der Waals surface area contributed by atoms with Gasteiger partial charge in [0.15, 0.2) is 0 Å². The van der Waals surface area contributed by atoms with Crippen LogP contribution in [0.5, 0.6) is 0 Å². The molecule has 0 radical (unpaired) electrons. The van der Waals surface area contributed by atoms with Gasteiger partial charge in [0.2, 0.25) is 0 Å². The molecule has 0 aromatic heterocycles. The summed E-state index contributed by atoms with van der Waals surface area (Å²) in [5.74, 6) is 0. The van der Waals surface area contributed by atoms with Gasteiger partial charge in [-0.25, -0.2) is 0 Å². The van der Waals surface area contributed by atoms with E-state index in [1.165, 1.54) is 24.8 Å². The molecule has 16 heavy (non-hydrogen) atoms. The van der Waals surface area contributed by atoms with Crippen molar-refractivity contribution in [1.29, 1.82) is 0 Å². The Morgan fingerprint density at radius 3 is 2.50 bits per heavy atom. The summed E-state index contributed by atoms with van der Waals surface area (Å²) in [7, 11) is 0. The van der Waals surface area contributed by atoms with Gasteiger partial charge in [0.25, 0.3) is 0 Å². The number of benzene rings is 1. The Hall–Kier alpha value is -0.170. The SMILES string of the molecule is [CH3][Hf]([CH3])[C]1(C)C=Cc2cc3c(cc21)CCC3. The van der Waals surface area contributed by atoms with Gasteiger partial charge in [-0.15, -0.1) is 0 Å². The van der Waals surface area contributed by atoms with Gasteiger partial charge in [-0.1, -0.05) is 0 Å². The quantitative estimate of drug-likeness (QED) is 0.645. The molecule has 0 heterocycles. The van der Waals surface area contributed by atoms with Gasteiger partial charge in [0, 0.05) is 0 Å². The molecule has 1 atom stereocenters. The molecular weight excluding hydrogens is 359 g/mol. The molecule has 0 bridgehead atoms. The van der Waals surface area contributed by atoms with Gasteiger partial charge in [0.05, 0.1) is 0 Å². The maximum atomic E-state index is 2.54. The molecule has 2 aliphatic carbocycles. The minimum atomic E-state index is -1.41. The number of hydrogen-bond acceptors (Lipinski definition) is 0. The summed E-state index contributed by atoms with van der Waals surface area (Å²) in [5, 5.41) is 0. The molecule has 1 aromatic rings. The van der Waals surface area contributed by atoms with E-state index in [0.717, 1.165) is 0 Å². The molecule has 83 valence electrons. The van der Waals surface area contributed by atoms with Crippen molar-refractivity contribution in [2.45, 2.75) is 38.7 Å². The standard InChI is InChI=1S/C13H13.2CH3.Hf/c1-9-5-6-12-7-10-3-2-4-11(10)8-13(9)12;;;/h5-8H,2-4H2,1H3;2*1H3;. The maximum absolute atomic E-state index is 2.54. The molecule has 0 aliphatic heterocycles. The van der Waals surface area contributed by atoms with Crippen molar-refractivity contribution in [2.75, 3.05) is 0 Å². The van der Waals surface area contributed by atoms with E-state index in [2.05, 4.69) is 40.6 Å². The Morgan fingerprint density at radius 1 is 1.12 bits per heavy atom. The second kappa shape index (κ2) is 3.66. The van der Waals surface area contributed by atoms with Gasteiger partial charge in [-0.2, -0.15) is 0 Å². The van der Waals surface area contributed by atoms with E-state index in [1.54, 1.807) is 16.7 Å².